The molecule has 1 aromatic heterocycles. The van der Waals surface area contributed by atoms with E-state index in [1.807, 2.05) is 24.3 Å². The van der Waals surface area contributed by atoms with Gasteiger partial charge in [-0.2, -0.15) is 0 Å². The Bertz CT molecular complexity index is 763. The molecule has 0 saturated carbocycles. The van der Waals surface area contributed by atoms with Crippen molar-refractivity contribution in [2.45, 2.75) is 45.0 Å². The molecule has 1 atom stereocenters. The third-order valence-electron chi connectivity index (χ3n) is 5.17. The molecular weight excluding hydrogens is 360 g/mol. The first-order valence-electron chi connectivity index (χ1n) is 9.01. The van der Waals surface area contributed by atoms with Crippen molar-refractivity contribution in [2.24, 2.45) is 0 Å². The fourth-order valence-corrected chi connectivity index (χ4v) is 3.76. The predicted octanol–water partition coefficient (Wildman–Crippen LogP) is 4.90. The number of aromatic carboxylic acids is 1. The van der Waals surface area contributed by atoms with Gasteiger partial charge in [0.05, 0.1) is 18.9 Å². The number of carboxylic acid groups (broad SMARTS) is 1. The maximum atomic E-state index is 11.3. The summed E-state index contributed by atoms with van der Waals surface area (Å²) in [6.45, 7) is 11.5. The highest BCUT2D eigenvalue weighted by molar-refractivity contribution is 6.74. The van der Waals surface area contributed by atoms with Crippen molar-refractivity contribution in [1.29, 1.82) is 0 Å². The van der Waals surface area contributed by atoms with Crippen LogP contribution in [0.2, 0.25) is 18.1 Å². The summed E-state index contributed by atoms with van der Waals surface area (Å²) in [5.74, 6) is -0.203. The Labute approximate surface area is 162 Å². The lowest BCUT2D eigenvalue weighted by molar-refractivity contribution is 0.0692. The molecule has 27 heavy (non-hydrogen) atoms. The van der Waals surface area contributed by atoms with Crippen LogP contribution in [-0.2, 0) is 4.43 Å². The molecule has 3 N–H and O–H groups in total. The normalized spacial score (nSPS) is 13.3. The van der Waals surface area contributed by atoms with Gasteiger partial charge in [-0.05, 0) is 41.9 Å². The van der Waals surface area contributed by atoms with Gasteiger partial charge in [-0.25, -0.2) is 4.79 Å². The minimum Gasteiger partial charge on any atom is -0.497 e. The van der Waals surface area contributed by atoms with Crippen LogP contribution < -0.4 is 10.1 Å². The molecule has 0 fully saturated rings. The van der Waals surface area contributed by atoms with Crippen LogP contribution in [0, 0.1) is 0 Å². The number of hydrogen-bond donors (Lipinski definition) is 3. The molecule has 148 valence electrons. The minimum atomic E-state index is -2.03. The highest BCUT2D eigenvalue weighted by atomic mass is 28.4. The Balaban J connectivity index is 2.25. The summed E-state index contributed by atoms with van der Waals surface area (Å²) in [5, 5.41) is 12.6. The summed E-state index contributed by atoms with van der Waals surface area (Å²) in [5.41, 5.74) is 1.73. The Kier molecular flexibility index (Phi) is 6.38. The molecule has 0 aliphatic heterocycles. The Morgan fingerprint density at radius 3 is 2.37 bits per heavy atom. The van der Waals surface area contributed by atoms with Crippen LogP contribution >= 0.6 is 0 Å². The van der Waals surface area contributed by atoms with Crippen LogP contribution in [0.3, 0.4) is 0 Å². The summed E-state index contributed by atoms with van der Waals surface area (Å²) >= 11 is 0. The predicted molar refractivity (Wildman–Crippen MR) is 110 cm³/mol. The third kappa shape index (κ3) is 5.14. The van der Waals surface area contributed by atoms with Crippen LogP contribution in [-0.4, -0.2) is 38.0 Å². The number of rotatable bonds is 8. The van der Waals surface area contributed by atoms with Crippen LogP contribution in [0.5, 0.6) is 5.75 Å². The molecule has 0 bridgehead atoms. The van der Waals surface area contributed by atoms with E-state index >= 15 is 0 Å². The maximum Gasteiger partial charge on any atom is 0.354 e. The molecule has 1 unspecified atom stereocenters. The van der Waals surface area contributed by atoms with Crippen molar-refractivity contribution in [3.63, 3.8) is 0 Å². The summed E-state index contributed by atoms with van der Waals surface area (Å²) in [4.78, 5) is 14.1. The van der Waals surface area contributed by atoms with E-state index in [0.717, 1.165) is 11.3 Å². The van der Waals surface area contributed by atoms with E-state index in [1.54, 1.807) is 19.4 Å². The second kappa shape index (κ2) is 8.18. The van der Waals surface area contributed by atoms with Crippen molar-refractivity contribution < 1.29 is 19.1 Å². The number of anilines is 1. The summed E-state index contributed by atoms with van der Waals surface area (Å²) in [6.07, 6.45) is 1.41. The number of carboxylic acids is 1. The summed E-state index contributed by atoms with van der Waals surface area (Å²) in [6, 6.07) is 9.54. The van der Waals surface area contributed by atoms with Crippen LogP contribution in [0.15, 0.2) is 36.5 Å². The lowest BCUT2D eigenvalue weighted by Crippen LogP contribution is -2.43. The van der Waals surface area contributed by atoms with Gasteiger partial charge in [0.2, 0.25) is 0 Å². The van der Waals surface area contributed by atoms with Gasteiger partial charge in [0.25, 0.3) is 0 Å². The molecule has 7 heteroatoms. The van der Waals surface area contributed by atoms with Gasteiger partial charge in [-0.15, -0.1) is 0 Å². The standard InChI is InChI=1S/C20H30N2O4Si/c1-20(2,3)27(5,6)26-17(14-7-9-15(25-4)10-8-14)13-22-16-11-12-21-18(16)19(23)24/h7-12,17,21-22H,13H2,1-6H3,(H,23,24). The molecule has 2 aromatic rings. The first-order valence-corrected chi connectivity index (χ1v) is 11.9. The van der Waals surface area contributed by atoms with Crippen molar-refractivity contribution in [3.05, 3.63) is 47.8 Å². The van der Waals surface area contributed by atoms with Crippen LogP contribution in [0.4, 0.5) is 5.69 Å². The number of H-pyrrole nitrogens is 1. The Morgan fingerprint density at radius 2 is 1.85 bits per heavy atom. The lowest BCUT2D eigenvalue weighted by Gasteiger charge is -2.39. The average Bonchev–Trinajstić information content (AvgIpc) is 3.06. The fraction of sp³-hybridized carbons (Fsp3) is 0.450. The number of hydrogen-bond acceptors (Lipinski definition) is 4. The molecule has 0 aliphatic rings. The van der Waals surface area contributed by atoms with E-state index < -0.39 is 14.3 Å². The van der Waals surface area contributed by atoms with E-state index in [4.69, 9.17) is 9.16 Å². The highest BCUT2D eigenvalue weighted by Gasteiger charge is 2.39. The first kappa shape index (κ1) is 21.1. The van der Waals surface area contributed by atoms with E-state index in [0.29, 0.717) is 12.2 Å². The zero-order valence-electron chi connectivity index (χ0n) is 16.9. The summed E-state index contributed by atoms with van der Waals surface area (Å²) in [7, 11) is -0.387. The molecule has 0 radical (unpaired) electrons. The van der Waals surface area contributed by atoms with E-state index in [1.165, 1.54) is 0 Å². The van der Waals surface area contributed by atoms with Crippen molar-refractivity contribution >= 4 is 20.0 Å². The van der Waals surface area contributed by atoms with Crippen LogP contribution in [0.1, 0.15) is 42.9 Å². The second-order valence-electron chi connectivity index (χ2n) is 8.09. The fourth-order valence-electron chi connectivity index (χ4n) is 2.47. The minimum absolute atomic E-state index is 0.0675. The third-order valence-corrected chi connectivity index (χ3v) is 9.66. The highest BCUT2D eigenvalue weighted by Crippen LogP contribution is 2.40. The molecule has 1 heterocycles. The monoisotopic (exact) mass is 390 g/mol. The number of ether oxygens (including phenoxy) is 1. The SMILES string of the molecule is COc1ccc(C(CNc2cc[nH]c2C(=O)O)O[Si](C)(C)C(C)(C)C)cc1. The number of aromatic nitrogens is 1. The maximum absolute atomic E-state index is 11.3. The molecule has 0 saturated heterocycles. The smallest absolute Gasteiger partial charge is 0.354 e. The van der Waals surface area contributed by atoms with Gasteiger partial charge < -0.3 is 24.6 Å². The van der Waals surface area contributed by atoms with Gasteiger partial charge in [0, 0.05) is 12.7 Å². The second-order valence-corrected chi connectivity index (χ2v) is 12.8. The Morgan fingerprint density at radius 1 is 1.22 bits per heavy atom. The zero-order chi connectivity index (χ0) is 20.2. The molecule has 0 aliphatic carbocycles. The van der Waals surface area contributed by atoms with Crippen molar-refractivity contribution in [2.75, 3.05) is 19.0 Å². The van der Waals surface area contributed by atoms with Gasteiger partial charge in [0.15, 0.2) is 8.32 Å². The number of aromatic amines is 1. The summed E-state index contributed by atoms with van der Waals surface area (Å²) < 4.78 is 11.9. The van der Waals surface area contributed by atoms with E-state index in [-0.39, 0.29) is 16.8 Å². The number of carbonyl (C=O) groups is 1. The molecular formula is C20H30N2O4Si. The molecule has 6 nitrogen and oxygen atoms in total. The first-order chi connectivity index (χ1) is 12.5. The Hall–Kier alpha value is -2.25. The number of nitrogens with one attached hydrogen (secondary N) is 2. The van der Waals surface area contributed by atoms with Crippen molar-refractivity contribution in [3.8, 4) is 5.75 Å². The molecule has 2 rings (SSSR count). The largest absolute Gasteiger partial charge is 0.497 e. The number of methoxy groups -OCH3 is 1. The van der Waals surface area contributed by atoms with Crippen LogP contribution in [0.25, 0.3) is 0 Å². The molecule has 0 spiro atoms. The van der Waals surface area contributed by atoms with Gasteiger partial charge >= 0.3 is 5.97 Å². The van der Waals surface area contributed by atoms with Gasteiger partial charge in [0.1, 0.15) is 11.4 Å². The topological polar surface area (TPSA) is 83.6 Å². The van der Waals surface area contributed by atoms with Crippen molar-refractivity contribution in [1.82, 2.24) is 4.98 Å². The molecule has 0 amide bonds. The van der Waals surface area contributed by atoms with Gasteiger partial charge in [-0.1, -0.05) is 32.9 Å². The zero-order valence-corrected chi connectivity index (χ0v) is 17.9. The lowest BCUT2D eigenvalue weighted by atomic mass is 10.1. The quantitative estimate of drug-likeness (QED) is 0.559. The van der Waals surface area contributed by atoms with E-state index in [2.05, 4.69) is 44.2 Å². The van der Waals surface area contributed by atoms with E-state index in [9.17, 15) is 9.90 Å². The average molecular weight is 391 g/mol. The molecule has 1 aromatic carbocycles. The number of benzene rings is 1. The van der Waals surface area contributed by atoms with Gasteiger partial charge in [-0.3, -0.25) is 0 Å².